The molecule has 1 radical (unpaired) electrons. The van der Waals surface area contributed by atoms with Gasteiger partial charge in [0, 0.05) is 33.3 Å². The van der Waals surface area contributed by atoms with Crippen LogP contribution < -0.4 is 53.7 Å². The third-order valence-electron chi connectivity index (χ3n) is 14.1. The summed E-state index contributed by atoms with van der Waals surface area (Å²) in [6, 6.07) is 111. The molecule has 1 nitrogen and oxygen atoms in total. The van der Waals surface area contributed by atoms with Crippen molar-refractivity contribution in [1.82, 2.24) is 0 Å². The molecule has 1 saturated heterocycles. The van der Waals surface area contributed by atoms with Crippen LogP contribution in [0.2, 0.25) is 0 Å². The maximum Gasteiger partial charge on any atom is 0.108 e. The zero-order valence-electron chi connectivity index (χ0n) is 43.0. The molecule has 1 aliphatic rings. The molecule has 75 heavy (non-hydrogen) atoms. The van der Waals surface area contributed by atoms with E-state index in [0.717, 1.165) is 31.7 Å². The van der Waals surface area contributed by atoms with Gasteiger partial charge < -0.3 is 4.74 Å². The maximum absolute atomic E-state index is 4.94. The van der Waals surface area contributed by atoms with E-state index in [1.807, 2.05) is 0 Å². The van der Waals surface area contributed by atoms with Gasteiger partial charge in [-0.25, -0.2) is 0 Å². The van der Waals surface area contributed by atoms with Crippen molar-refractivity contribution in [2.24, 2.45) is 5.41 Å². The van der Waals surface area contributed by atoms with Crippen molar-refractivity contribution in [3.8, 4) is 0 Å². The molecule has 0 atom stereocenters. The van der Waals surface area contributed by atoms with Crippen molar-refractivity contribution in [1.29, 1.82) is 0 Å². The van der Waals surface area contributed by atoms with Crippen LogP contribution in [-0.4, -0.2) is 37.8 Å². The minimum Gasteiger partial charge on any atom is -0.381 e. The molecule has 6 heteroatoms. The summed E-state index contributed by atoms with van der Waals surface area (Å²) in [7, 11) is -1.66. The number of benzene rings is 10. The normalized spacial score (nSPS) is 12.2. The number of hydrogen-bond acceptors (Lipinski definition) is 1. The SMILES string of the molecule is C1CCOC1.CC(CP(c1ccccc1)c1ccccc1)(CP(c1ccccc1)c1ccccc1)CP(c1ccccc1)c1ccccc1.[Ir].c1ccc([B-](c2ccccc2)(c2ccccc2)c2ccccc2)cc1. The Morgan fingerprint density at radius 3 is 0.627 bits per heavy atom. The van der Waals surface area contributed by atoms with Gasteiger partial charge in [0.25, 0.3) is 0 Å². The molecule has 0 amide bonds. The number of rotatable bonds is 16. The number of hydrogen-bond donors (Lipinski definition) is 0. The molecular formula is C69H67BIrOP3-. The first-order valence-corrected chi connectivity index (χ1v) is 30.8. The van der Waals surface area contributed by atoms with Gasteiger partial charge >= 0.3 is 0 Å². The average Bonchev–Trinajstić information content (AvgIpc) is 4.10. The van der Waals surface area contributed by atoms with Crippen molar-refractivity contribution in [3.05, 3.63) is 303 Å². The van der Waals surface area contributed by atoms with E-state index in [4.69, 9.17) is 4.74 Å². The zero-order chi connectivity index (χ0) is 50.5. The van der Waals surface area contributed by atoms with Crippen LogP contribution in [0.4, 0.5) is 0 Å². The first-order valence-electron chi connectivity index (χ1n) is 26.2. The van der Waals surface area contributed by atoms with E-state index in [1.54, 1.807) is 0 Å². The van der Waals surface area contributed by atoms with E-state index in [2.05, 4.69) is 310 Å². The van der Waals surface area contributed by atoms with E-state index in [1.165, 1.54) is 66.5 Å². The second kappa shape index (κ2) is 28.9. The largest absolute Gasteiger partial charge is 0.381 e. The standard InChI is InChI=1S/C41H39P3.C24H20B.C4H8O.Ir/c1-41(32-42(35-20-8-2-9-21-35)36-22-10-3-11-23-36,33-43(37-24-12-4-13-25-37)38-26-14-5-15-27-38)34-44(39-28-16-6-17-29-39)40-30-18-7-19-31-40;1-5-13-21(14-6-1)25(22-15-7-2-8-16-22,23-17-9-3-10-18-23)24-19-11-4-12-20-24;1-2-4-5-3-1;/h2-31H,32-34H2,1H3;1-20H;1-4H2;/q;-1;;. The fourth-order valence-corrected chi connectivity index (χ4v) is 19.2. The van der Waals surface area contributed by atoms with Crippen LogP contribution in [0.1, 0.15) is 19.8 Å². The smallest absolute Gasteiger partial charge is 0.108 e. The molecule has 10 aromatic rings. The Bertz CT molecular complexity index is 2610. The van der Waals surface area contributed by atoms with Crippen molar-refractivity contribution in [3.63, 3.8) is 0 Å². The molecule has 0 spiro atoms. The Morgan fingerprint density at radius 1 is 0.293 bits per heavy atom. The molecule has 0 aromatic heterocycles. The zero-order valence-corrected chi connectivity index (χ0v) is 48.1. The topological polar surface area (TPSA) is 9.23 Å². The Morgan fingerprint density at radius 2 is 0.467 bits per heavy atom. The summed E-state index contributed by atoms with van der Waals surface area (Å²) in [5.74, 6) is 0. The molecule has 1 fully saturated rings. The van der Waals surface area contributed by atoms with Gasteiger partial charge in [-0.1, -0.05) is 310 Å². The minimum absolute atomic E-state index is 0. The van der Waals surface area contributed by atoms with Gasteiger partial charge in [0.05, 0.1) is 0 Å². The summed E-state index contributed by atoms with van der Waals surface area (Å²) in [6.07, 6.45) is 4.78. The van der Waals surface area contributed by atoms with Gasteiger partial charge in [0.1, 0.15) is 6.15 Å². The van der Waals surface area contributed by atoms with Crippen molar-refractivity contribution >= 4 is 83.6 Å². The molecule has 0 aliphatic carbocycles. The molecule has 0 bridgehead atoms. The van der Waals surface area contributed by atoms with Crippen LogP contribution in [-0.2, 0) is 24.8 Å². The predicted molar refractivity (Wildman–Crippen MR) is 330 cm³/mol. The van der Waals surface area contributed by atoms with Crippen LogP contribution in [0, 0.1) is 5.41 Å². The first-order chi connectivity index (χ1) is 36.6. The maximum atomic E-state index is 4.94. The molecule has 0 saturated carbocycles. The van der Waals surface area contributed by atoms with Crippen LogP contribution in [0.15, 0.2) is 303 Å². The number of ether oxygens (including phenoxy) is 1. The molecule has 1 heterocycles. The Hall–Kier alpha value is -5.84. The van der Waals surface area contributed by atoms with Gasteiger partial charge in [-0.05, 0) is 92.3 Å². The monoisotopic (exact) mass is 1210 g/mol. The second-order valence-electron chi connectivity index (χ2n) is 19.4. The van der Waals surface area contributed by atoms with Crippen molar-refractivity contribution in [2.45, 2.75) is 19.8 Å². The van der Waals surface area contributed by atoms with Crippen LogP contribution in [0.25, 0.3) is 0 Å². The van der Waals surface area contributed by atoms with Crippen molar-refractivity contribution < 1.29 is 24.8 Å². The van der Waals surface area contributed by atoms with E-state index in [9.17, 15) is 0 Å². The fraction of sp³-hybridized carbons (Fsp3) is 0.130. The Balaban J connectivity index is 0.000000202. The quantitative estimate of drug-likeness (QED) is 0.0692. The summed E-state index contributed by atoms with van der Waals surface area (Å²) in [5, 5.41) is 8.79. The third kappa shape index (κ3) is 14.8. The van der Waals surface area contributed by atoms with E-state index >= 15 is 0 Å². The van der Waals surface area contributed by atoms with Gasteiger partial charge in [0.2, 0.25) is 0 Å². The van der Waals surface area contributed by atoms with Crippen LogP contribution >= 0.6 is 23.8 Å². The summed E-state index contributed by atoms with van der Waals surface area (Å²) < 4.78 is 4.94. The molecule has 0 unspecified atom stereocenters. The average molecular weight is 1210 g/mol. The summed E-state index contributed by atoms with van der Waals surface area (Å²) in [4.78, 5) is 0. The summed E-state index contributed by atoms with van der Waals surface area (Å²) >= 11 is 0. The molecule has 1 aliphatic heterocycles. The van der Waals surface area contributed by atoms with Crippen LogP contribution in [0.3, 0.4) is 0 Å². The van der Waals surface area contributed by atoms with Gasteiger partial charge in [0.15, 0.2) is 0 Å². The van der Waals surface area contributed by atoms with Crippen LogP contribution in [0.5, 0.6) is 0 Å². The second-order valence-corrected chi connectivity index (χ2v) is 26.0. The first kappa shape index (κ1) is 55.4. The van der Waals surface area contributed by atoms with E-state index in [0.29, 0.717) is 0 Å². The van der Waals surface area contributed by atoms with Crippen molar-refractivity contribution in [2.75, 3.05) is 31.7 Å². The Kier molecular flexibility index (Phi) is 21.3. The molecule has 0 N–H and O–H groups in total. The molecule has 10 aromatic carbocycles. The van der Waals surface area contributed by atoms with Gasteiger partial charge in [-0.3, -0.25) is 0 Å². The molecule has 11 rings (SSSR count). The molecule has 377 valence electrons. The third-order valence-corrected chi connectivity index (χ3v) is 22.8. The summed E-state index contributed by atoms with van der Waals surface area (Å²) in [6.45, 7) is 4.61. The van der Waals surface area contributed by atoms with Gasteiger partial charge in [-0.15, -0.1) is 0 Å². The Labute approximate surface area is 465 Å². The van der Waals surface area contributed by atoms with E-state index in [-0.39, 0.29) is 25.5 Å². The predicted octanol–water partition coefficient (Wildman–Crippen LogP) is 12.2. The van der Waals surface area contributed by atoms with Gasteiger partial charge in [-0.2, -0.15) is 21.9 Å². The van der Waals surface area contributed by atoms with E-state index < -0.39 is 29.9 Å². The minimum atomic E-state index is -1.22. The fourth-order valence-electron chi connectivity index (χ4n) is 10.6. The molecular weight excluding hydrogens is 1140 g/mol. The summed E-state index contributed by atoms with van der Waals surface area (Å²) in [5.41, 5.74) is 5.43.